The Hall–Kier alpha value is -4.64. The molecule has 0 radical (unpaired) electrons. The molecule has 0 amide bonds. The van der Waals surface area contributed by atoms with Gasteiger partial charge in [-0.05, 0) is 53.8 Å². The lowest BCUT2D eigenvalue weighted by Crippen LogP contribution is -2.26. The number of phenolic OH excluding ortho intramolecular Hbond substituents is 1. The van der Waals surface area contributed by atoms with Gasteiger partial charge in [-0.2, -0.15) is 0 Å². The van der Waals surface area contributed by atoms with Crippen LogP contribution in [0, 0.1) is 0 Å². The maximum Gasteiger partial charge on any atom is 0.193 e. The van der Waals surface area contributed by atoms with Crippen LogP contribution < -0.4 is 10.6 Å². The Bertz CT molecular complexity index is 1530. The topological polar surface area (TPSA) is 78.4 Å². The zero-order valence-corrected chi connectivity index (χ0v) is 20.1. The molecule has 6 rings (SSSR count). The SMILES string of the molecule is O=C1C[C@@H](c2ccccc2)CC2=C1[C@@H](c1cccc(O)c1)Nc1ccc(C(=O)c3ccccc3)cc1N2. The maximum absolute atomic E-state index is 13.7. The number of allylic oxidation sites excluding steroid dienone is 1. The average Bonchev–Trinajstić information content (AvgIpc) is 3.10. The summed E-state index contributed by atoms with van der Waals surface area (Å²) in [6.45, 7) is 0. The molecule has 182 valence electrons. The lowest BCUT2D eigenvalue weighted by molar-refractivity contribution is -0.116. The highest BCUT2D eigenvalue weighted by molar-refractivity contribution is 6.10. The second-order valence-electron chi connectivity index (χ2n) is 9.58. The van der Waals surface area contributed by atoms with Gasteiger partial charge in [0.25, 0.3) is 0 Å². The molecule has 37 heavy (non-hydrogen) atoms. The van der Waals surface area contributed by atoms with Crippen LogP contribution in [0.3, 0.4) is 0 Å². The van der Waals surface area contributed by atoms with Crippen molar-refractivity contribution in [1.82, 2.24) is 0 Å². The minimum absolute atomic E-state index is 0.0560. The predicted octanol–water partition coefficient (Wildman–Crippen LogP) is 6.60. The summed E-state index contributed by atoms with van der Waals surface area (Å²) in [5, 5.41) is 17.2. The van der Waals surface area contributed by atoms with Crippen LogP contribution in [0.1, 0.15) is 51.8 Å². The highest BCUT2D eigenvalue weighted by Crippen LogP contribution is 2.44. The summed E-state index contributed by atoms with van der Waals surface area (Å²) >= 11 is 0. The quantitative estimate of drug-likeness (QED) is 0.283. The molecule has 4 aromatic carbocycles. The average molecular weight is 487 g/mol. The van der Waals surface area contributed by atoms with Crippen molar-refractivity contribution in [1.29, 1.82) is 0 Å². The largest absolute Gasteiger partial charge is 0.508 e. The van der Waals surface area contributed by atoms with E-state index in [1.165, 1.54) is 0 Å². The summed E-state index contributed by atoms with van der Waals surface area (Å²) in [6, 6.07) is 31.4. The molecule has 0 unspecified atom stereocenters. The van der Waals surface area contributed by atoms with Crippen LogP contribution in [0.15, 0.2) is 114 Å². The number of aromatic hydroxyl groups is 1. The van der Waals surface area contributed by atoms with Crippen molar-refractivity contribution in [3.8, 4) is 5.75 Å². The number of nitrogens with one attached hydrogen (secondary N) is 2. The van der Waals surface area contributed by atoms with E-state index in [1.54, 1.807) is 24.3 Å². The van der Waals surface area contributed by atoms with Gasteiger partial charge in [0.1, 0.15) is 5.75 Å². The van der Waals surface area contributed by atoms with Crippen LogP contribution in [-0.4, -0.2) is 16.7 Å². The van der Waals surface area contributed by atoms with E-state index in [2.05, 4.69) is 22.8 Å². The first kappa shape index (κ1) is 22.8. The van der Waals surface area contributed by atoms with Crippen molar-refractivity contribution in [2.75, 3.05) is 10.6 Å². The van der Waals surface area contributed by atoms with Crippen molar-refractivity contribution in [2.45, 2.75) is 24.8 Å². The third-order valence-corrected chi connectivity index (χ3v) is 7.17. The molecule has 1 heterocycles. The number of anilines is 2. The van der Waals surface area contributed by atoms with E-state index in [1.807, 2.05) is 66.7 Å². The first-order valence-corrected chi connectivity index (χ1v) is 12.4. The van der Waals surface area contributed by atoms with Gasteiger partial charge in [-0.3, -0.25) is 9.59 Å². The monoisotopic (exact) mass is 486 g/mol. The van der Waals surface area contributed by atoms with Crippen molar-refractivity contribution in [2.24, 2.45) is 0 Å². The normalized spacial score (nSPS) is 18.6. The number of Topliss-reactive ketones (excluding diaryl/α,β-unsaturated/α-hetero) is 1. The van der Waals surface area contributed by atoms with Gasteiger partial charge in [-0.15, -0.1) is 0 Å². The Balaban J connectivity index is 1.44. The van der Waals surface area contributed by atoms with Gasteiger partial charge in [0.15, 0.2) is 11.6 Å². The van der Waals surface area contributed by atoms with Crippen LogP contribution in [0.2, 0.25) is 0 Å². The third-order valence-electron chi connectivity index (χ3n) is 7.17. The second-order valence-corrected chi connectivity index (χ2v) is 9.58. The number of fused-ring (bicyclic) bond motifs is 1. The number of phenols is 1. The van der Waals surface area contributed by atoms with Crippen molar-refractivity contribution in [3.63, 3.8) is 0 Å². The van der Waals surface area contributed by atoms with Gasteiger partial charge in [-0.1, -0.05) is 72.8 Å². The molecule has 0 fully saturated rings. The van der Waals surface area contributed by atoms with Crippen molar-refractivity contribution in [3.05, 3.63) is 137 Å². The van der Waals surface area contributed by atoms with Gasteiger partial charge in [0.05, 0.1) is 17.4 Å². The van der Waals surface area contributed by atoms with Gasteiger partial charge >= 0.3 is 0 Å². The van der Waals surface area contributed by atoms with Crippen molar-refractivity contribution < 1.29 is 14.7 Å². The Morgan fingerprint density at radius 3 is 2.22 bits per heavy atom. The zero-order chi connectivity index (χ0) is 25.4. The van der Waals surface area contributed by atoms with Crippen LogP contribution in [-0.2, 0) is 4.79 Å². The Morgan fingerprint density at radius 1 is 0.730 bits per heavy atom. The number of carbonyl (C=O) groups is 2. The van der Waals surface area contributed by atoms with Crippen LogP contribution in [0.4, 0.5) is 11.4 Å². The predicted molar refractivity (Wildman–Crippen MR) is 145 cm³/mol. The molecule has 1 aliphatic heterocycles. The van der Waals surface area contributed by atoms with Crippen LogP contribution in [0.25, 0.3) is 0 Å². The van der Waals surface area contributed by atoms with E-state index >= 15 is 0 Å². The van der Waals surface area contributed by atoms with Gasteiger partial charge in [0.2, 0.25) is 0 Å². The standard InChI is InChI=1S/C32H26N2O3/c35-25-13-7-12-22(16-25)31-30-28(18-24(19-29(30)36)20-8-3-1-4-9-20)33-27-17-23(14-15-26(27)34-31)32(37)21-10-5-2-6-11-21/h1-17,24,31,33-35H,18-19H2/t24-,31+/m0/s1. The molecule has 1 aliphatic carbocycles. The first-order chi connectivity index (χ1) is 18.1. The molecule has 2 atom stereocenters. The number of hydrogen-bond acceptors (Lipinski definition) is 5. The molecule has 4 aromatic rings. The molecule has 5 heteroatoms. The Labute approximate surface area is 215 Å². The number of carbonyl (C=O) groups excluding carboxylic acids is 2. The lowest BCUT2D eigenvalue weighted by Gasteiger charge is -2.30. The van der Waals surface area contributed by atoms with Crippen LogP contribution in [0.5, 0.6) is 5.75 Å². The number of benzene rings is 4. The number of ketones is 2. The molecule has 0 saturated carbocycles. The molecule has 2 aliphatic rings. The molecular weight excluding hydrogens is 460 g/mol. The van der Waals surface area contributed by atoms with E-state index < -0.39 is 6.04 Å². The van der Waals surface area contributed by atoms with E-state index in [4.69, 9.17) is 0 Å². The van der Waals surface area contributed by atoms with E-state index in [-0.39, 0.29) is 23.2 Å². The fourth-order valence-electron chi connectivity index (χ4n) is 5.36. The lowest BCUT2D eigenvalue weighted by atomic mass is 9.78. The molecule has 3 N–H and O–H groups in total. The Morgan fingerprint density at radius 2 is 1.46 bits per heavy atom. The summed E-state index contributed by atoms with van der Waals surface area (Å²) in [5.41, 5.74) is 6.17. The number of hydrogen-bond donors (Lipinski definition) is 3. The summed E-state index contributed by atoms with van der Waals surface area (Å²) in [6.07, 6.45) is 1.08. The number of rotatable bonds is 4. The van der Waals surface area contributed by atoms with E-state index in [9.17, 15) is 14.7 Å². The molecule has 5 nitrogen and oxygen atoms in total. The van der Waals surface area contributed by atoms with Crippen molar-refractivity contribution >= 4 is 22.9 Å². The minimum atomic E-state index is -0.434. The molecule has 0 saturated heterocycles. The first-order valence-electron chi connectivity index (χ1n) is 12.4. The summed E-state index contributed by atoms with van der Waals surface area (Å²) in [4.78, 5) is 26.9. The summed E-state index contributed by atoms with van der Waals surface area (Å²) in [5.74, 6) is 0.209. The van der Waals surface area contributed by atoms with Crippen LogP contribution >= 0.6 is 0 Å². The fourth-order valence-corrected chi connectivity index (χ4v) is 5.36. The Kier molecular flexibility index (Phi) is 5.81. The highest BCUT2D eigenvalue weighted by Gasteiger charge is 2.36. The minimum Gasteiger partial charge on any atom is -0.508 e. The molecular formula is C32H26N2O3. The van der Waals surface area contributed by atoms with Gasteiger partial charge in [0, 0.05) is 28.8 Å². The van der Waals surface area contributed by atoms with E-state index in [0.29, 0.717) is 29.5 Å². The zero-order valence-electron chi connectivity index (χ0n) is 20.1. The maximum atomic E-state index is 13.7. The van der Waals surface area contributed by atoms with Gasteiger partial charge < -0.3 is 15.7 Å². The second kappa shape index (κ2) is 9.43. The van der Waals surface area contributed by atoms with E-state index in [0.717, 1.165) is 28.2 Å². The molecule has 0 spiro atoms. The smallest absolute Gasteiger partial charge is 0.193 e. The van der Waals surface area contributed by atoms with Gasteiger partial charge in [-0.25, -0.2) is 0 Å². The summed E-state index contributed by atoms with van der Waals surface area (Å²) < 4.78 is 0. The molecule has 0 bridgehead atoms. The highest BCUT2D eigenvalue weighted by atomic mass is 16.3. The third kappa shape index (κ3) is 4.40. The fraction of sp³-hybridized carbons (Fsp3) is 0.125. The molecule has 0 aromatic heterocycles. The summed E-state index contributed by atoms with van der Waals surface area (Å²) in [7, 11) is 0.